The Bertz CT molecular complexity index is 364. The van der Waals surface area contributed by atoms with Gasteiger partial charge in [-0.15, -0.1) is 0 Å². The van der Waals surface area contributed by atoms with Crippen molar-refractivity contribution in [2.24, 2.45) is 0 Å². The molecular formula is C15H26N2O3. The number of nitrogens with one attached hydrogen (secondary N) is 1. The van der Waals surface area contributed by atoms with Gasteiger partial charge in [-0.3, -0.25) is 4.79 Å². The number of carboxylic acid groups (broad SMARTS) is 1. The van der Waals surface area contributed by atoms with Gasteiger partial charge in [-0.05, 0) is 38.6 Å². The molecule has 2 aliphatic heterocycles. The van der Waals surface area contributed by atoms with Crippen molar-refractivity contribution in [3.8, 4) is 0 Å². The van der Waals surface area contributed by atoms with Gasteiger partial charge in [0.15, 0.2) is 0 Å². The molecule has 5 nitrogen and oxygen atoms in total. The second kappa shape index (κ2) is 6.57. The lowest BCUT2D eigenvalue weighted by Crippen LogP contribution is -2.57. The molecule has 2 saturated heterocycles. The topological polar surface area (TPSA) is 69.6 Å². The van der Waals surface area contributed by atoms with Gasteiger partial charge in [-0.2, -0.15) is 0 Å². The first-order chi connectivity index (χ1) is 9.62. The van der Waals surface area contributed by atoms with E-state index in [2.05, 4.69) is 5.32 Å². The lowest BCUT2D eigenvalue weighted by Gasteiger charge is -2.36. The molecular weight excluding hydrogens is 256 g/mol. The van der Waals surface area contributed by atoms with Gasteiger partial charge >= 0.3 is 5.97 Å². The molecule has 0 saturated carbocycles. The zero-order chi connectivity index (χ0) is 14.6. The molecule has 0 aromatic rings. The largest absolute Gasteiger partial charge is 0.479 e. The van der Waals surface area contributed by atoms with Crippen LogP contribution in [0.3, 0.4) is 0 Å². The Balaban J connectivity index is 2.15. The molecule has 2 rings (SSSR count). The average Bonchev–Trinajstić information content (AvgIpc) is 2.68. The number of aliphatic carboxylic acids is 1. The normalized spacial score (nSPS) is 31.1. The molecule has 1 amide bonds. The number of nitrogens with zero attached hydrogens (tertiary/aromatic N) is 1. The van der Waals surface area contributed by atoms with E-state index in [4.69, 9.17) is 0 Å². The quantitative estimate of drug-likeness (QED) is 0.824. The zero-order valence-corrected chi connectivity index (χ0v) is 12.4. The molecule has 0 aromatic carbocycles. The van der Waals surface area contributed by atoms with Crippen LogP contribution in [0.5, 0.6) is 0 Å². The van der Waals surface area contributed by atoms with E-state index in [9.17, 15) is 14.7 Å². The summed E-state index contributed by atoms with van der Waals surface area (Å²) < 4.78 is 0. The number of rotatable bonds is 4. The number of carbonyl (C=O) groups is 2. The minimum Gasteiger partial charge on any atom is -0.479 e. The van der Waals surface area contributed by atoms with Gasteiger partial charge < -0.3 is 15.3 Å². The van der Waals surface area contributed by atoms with Crippen LogP contribution in [-0.4, -0.2) is 46.6 Å². The Hall–Kier alpha value is -1.10. The molecule has 20 heavy (non-hydrogen) atoms. The predicted octanol–water partition coefficient (Wildman–Crippen LogP) is 1.76. The smallest absolute Gasteiger partial charge is 0.329 e. The number of carbonyl (C=O) groups excluding carboxylic acids is 1. The lowest BCUT2D eigenvalue weighted by molar-refractivity contribution is -0.158. The van der Waals surface area contributed by atoms with Crippen molar-refractivity contribution in [2.75, 3.05) is 13.1 Å². The van der Waals surface area contributed by atoms with Gasteiger partial charge in [0.1, 0.15) is 5.54 Å². The fourth-order valence-electron chi connectivity index (χ4n) is 3.63. The summed E-state index contributed by atoms with van der Waals surface area (Å²) in [6.07, 6.45) is 6.86. The van der Waals surface area contributed by atoms with E-state index in [1.807, 2.05) is 6.92 Å². The Kier molecular flexibility index (Phi) is 5.02. The molecule has 2 fully saturated rings. The van der Waals surface area contributed by atoms with Gasteiger partial charge in [-0.1, -0.05) is 26.2 Å². The van der Waals surface area contributed by atoms with Crippen molar-refractivity contribution >= 4 is 11.9 Å². The van der Waals surface area contributed by atoms with Crippen LogP contribution >= 0.6 is 0 Å². The number of hydrogen-bond donors (Lipinski definition) is 2. The molecule has 0 aliphatic carbocycles. The van der Waals surface area contributed by atoms with Crippen molar-refractivity contribution in [2.45, 2.75) is 69.9 Å². The minimum absolute atomic E-state index is 0.000231. The van der Waals surface area contributed by atoms with Crippen molar-refractivity contribution < 1.29 is 14.7 Å². The molecule has 5 heteroatoms. The minimum atomic E-state index is -0.959. The lowest BCUT2D eigenvalue weighted by atomic mass is 9.90. The number of carboxylic acids is 1. The van der Waals surface area contributed by atoms with E-state index >= 15 is 0 Å². The fourth-order valence-corrected chi connectivity index (χ4v) is 3.63. The van der Waals surface area contributed by atoms with Crippen molar-refractivity contribution in [3.63, 3.8) is 0 Å². The van der Waals surface area contributed by atoms with Crippen molar-refractivity contribution in [1.82, 2.24) is 10.2 Å². The van der Waals surface area contributed by atoms with Crippen molar-refractivity contribution in [1.29, 1.82) is 0 Å². The van der Waals surface area contributed by atoms with E-state index in [1.165, 1.54) is 0 Å². The first-order valence-corrected chi connectivity index (χ1v) is 7.90. The van der Waals surface area contributed by atoms with Gasteiger partial charge in [0.05, 0.1) is 6.04 Å². The second-order valence-electron chi connectivity index (χ2n) is 6.04. The van der Waals surface area contributed by atoms with E-state index in [1.54, 1.807) is 4.90 Å². The van der Waals surface area contributed by atoms with Crippen LogP contribution in [0.1, 0.15) is 58.3 Å². The monoisotopic (exact) mass is 282 g/mol. The molecule has 2 atom stereocenters. The zero-order valence-electron chi connectivity index (χ0n) is 12.4. The Morgan fingerprint density at radius 2 is 2.10 bits per heavy atom. The van der Waals surface area contributed by atoms with Crippen LogP contribution in [0.2, 0.25) is 0 Å². The highest BCUT2D eigenvalue weighted by atomic mass is 16.4. The third kappa shape index (κ3) is 2.82. The third-order valence-electron chi connectivity index (χ3n) is 4.67. The van der Waals surface area contributed by atoms with Crippen LogP contribution in [0.4, 0.5) is 0 Å². The summed E-state index contributed by atoms with van der Waals surface area (Å²) in [5.74, 6) is -0.834. The molecule has 0 spiro atoms. The first-order valence-electron chi connectivity index (χ1n) is 7.90. The van der Waals surface area contributed by atoms with E-state index in [0.29, 0.717) is 19.4 Å². The third-order valence-corrected chi connectivity index (χ3v) is 4.67. The van der Waals surface area contributed by atoms with Crippen LogP contribution in [0.25, 0.3) is 0 Å². The Morgan fingerprint density at radius 3 is 2.80 bits per heavy atom. The fraction of sp³-hybridized carbons (Fsp3) is 0.867. The summed E-state index contributed by atoms with van der Waals surface area (Å²) in [6, 6.07) is -0.189. The molecule has 2 unspecified atom stereocenters. The maximum Gasteiger partial charge on any atom is 0.329 e. The van der Waals surface area contributed by atoms with Crippen molar-refractivity contribution in [3.05, 3.63) is 0 Å². The van der Waals surface area contributed by atoms with E-state index in [0.717, 1.165) is 45.1 Å². The summed E-state index contributed by atoms with van der Waals surface area (Å²) in [4.78, 5) is 26.2. The summed E-state index contributed by atoms with van der Waals surface area (Å²) in [5.41, 5.74) is -0.959. The van der Waals surface area contributed by atoms with Crippen LogP contribution in [0, 0.1) is 0 Å². The number of amides is 1. The van der Waals surface area contributed by atoms with Crippen LogP contribution in [-0.2, 0) is 9.59 Å². The summed E-state index contributed by atoms with van der Waals surface area (Å²) in [5, 5.41) is 12.9. The maximum absolute atomic E-state index is 12.7. The predicted molar refractivity (Wildman–Crippen MR) is 76.5 cm³/mol. The highest BCUT2D eigenvalue weighted by Crippen LogP contribution is 2.35. The summed E-state index contributed by atoms with van der Waals surface area (Å²) in [6.45, 7) is 3.43. The number of likely N-dealkylation sites (tertiary alicyclic amines) is 1. The molecule has 0 radical (unpaired) electrons. The standard InChI is InChI=1S/C15H26N2O3/c1-2-8-15(14(19)20)9-6-11-17(15)13(18)12-7-4-3-5-10-16-12/h12,16H,2-11H2,1H3,(H,19,20). The summed E-state index contributed by atoms with van der Waals surface area (Å²) >= 11 is 0. The van der Waals surface area contributed by atoms with E-state index in [-0.39, 0.29) is 11.9 Å². The SMILES string of the molecule is CCCC1(C(=O)O)CCCN1C(=O)C1CCCCCN1. The Labute approximate surface area is 120 Å². The van der Waals surface area contributed by atoms with Crippen LogP contribution in [0.15, 0.2) is 0 Å². The van der Waals surface area contributed by atoms with E-state index < -0.39 is 11.5 Å². The van der Waals surface area contributed by atoms with Gasteiger partial charge in [0, 0.05) is 6.54 Å². The second-order valence-corrected chi connectivity index (χ2v) is 6.04. The van der Waals surface area contributed by atoms with Gasteiger partial charge in [0.25, 0.3) is 0 Å². The highest BCUT2D eigenvalue weighted by Gasteiger charge is 2.50. The molecule has 0 aromatic heterocycles. The summed E-state index contributed by atoms with van der Waals surface area (Å²) in [7, 11) is 0. The van der Waals surface area contributed by atoms with Gasteiger partial charge in [-0.25, -0.2) is 4.79 Å². The highest BCUT2D eigenvalue weighted by molar-refractivity contribution is 5.90. The molecule has 114 valence electrons. The maximum atomic E-state index is 12.7. The molecule has 0 bridgehead atoms. The molecule has 2 N–H and O–H groups in total. The first kappa shape index (κ1) is 15.3. The number of hydrogen-bond acceptors (Lipinski definition) is 3. The molecule has 2 heterocycles. The molecule has 2 aliphatic rings. The van der Waals surface area contributed by atoms with Gasteiger partial charge in [0.2, 0.25) is 5.91 Å². The average molecular weight is 282 g/mol. The Morgan fingerprint density at radius 1 is 1.30 bits per heavy atom. The van der Waals surface area contributed by atoms with Crippen LogP contribution < -0.4 is 5.32 Å².